The van der Waals surface area contributed by atoms with Gasteiger partial charge in [-0.1, -0.05) is 12.8 Å². The molecule has 3 fully saturated rings. The zero-order valence-corrected chi connectivity index (χ0v) is 15.3. The lowest BCUT2D eigenvalue weighted by atomic mass is 10.2. The molecule has 6 heteroatoms. The van der Waals surface area contributed by atoms with Gasteiger partial charge in [0.25, 0.3) is 0 Å². The van der Waals surface area contributed by atoms with Gasteiger partial charge in [-0.25, -0.2) is 0 Å². The third-order valence-corrected chi connectivity index (χ3v) is 6.03. The van der Waals surface area contributed by atoms with Gasteiger partial charge in [-0.3, -0.25) is 14.4 Å². The van der Waals surface area contributed by atoms with Gasteiger partial charge in [-0.15, -0.1) is 0 Å². The molecule has 1 aromatic heterocycles. The second kappa shape index (κ2) is 7.87. The first-order chi connectivity index (χ1) is 12.3. The monoisotopic (exact) mass is 345 g/mol. The largest absolute Gasteiger partial charge is 0.309 e. The number of hydrogen-bond donors (Lipinski definition) is 0. The summed E-state index contributed by atoms with van der Waals surface area (Å²) < 4.78 is 2.09. The van der Waals surface area contributed by atoms with Crippen LogP contribution in [0.1, 0.15) is 51.0 Å². The lowest BCUT2D eigenvalue weighted by Gasteiger charge is -2.23. The number of likely N-dealkylation sites (tertiary alicyclic amines) is 2. The smallest absolute Gasteiger partial charge is 0.227 e. The molecule has 3 saturated heterocycles. The molecule has 0 aromatic carbocycles. The number of nitrogens with zero attached hydrogens (tertiary/aromatic N) is 5. The minimum Gasteiger partial charge on any atom is -0.309 e. The summed E-state index contributed by atoms with van der Waals surface area (Å²) in [5.74, 6) is 0.241. The summed E-state index contributed by atoms with van der Waals surface area (Å²) in [5, 5.41) is 4.56. The van der Waals surface area contributed by atoms with E-state index < -0.39 is 0 Å². The van der Waals surface area contributed by atoms with Crippen LogP contribution in [0.3, 0.4) is 0 Å². The Morgan fingerprint density at radius 1 is 0.960 bits per heavy atom. The normalized spacial score (nSPS) is 26.5. The van der Waals surface area contributed by atoms with Crippen molar-refractivity contribution < 1.29 is 4.79 Å². The number of hydrogen-bond acceptors (Lipinski definition) is 4. The van der Waals surface area contributed by atoms with Crippen molar-refractivity contribution in [3.63, 3.8) is 0 Å². The van der Waals surface area contributed by atoms with Crippen LogP contribution in [0.25, 0.3) is 0 Å². The molecule has 3 aliphatic rings. The molecule has 4 rings (SSSR count). The zero-order chi connectivity index (χ0) is 17.1. The molecular formula is C19H31N5O. The Balaban J connectivity index is 1.27. The lowest BCUT2D eigenvalue weighted by molar-refractivity contribution is -0.117. The fourth-order valence-corrected chi connectivity index (χ4v) is 4.46. The predicted molar refractivity (Wildman–Crippen MR) is 98.8 cm³/mol. The molecule has 1 unspecified atom stereocenters. The van der Waals surface area contributed by atoms with Crippen LogP contribution in [0.15, 0.2) is 12.4 Å². The van der Waals surface area contributed by atoms with Crippen LogP contribution in [-0.2, 0) is 4.79 Å². The fraction of sp³-hybridized carbons (Fsp3) is 0.789. The maximum absolute atomic E-state index is 11.9. The Kier molecular flexibility index (Phi) is 5.36. The van der Waals surface area contributed by atoms with E-state index in [4.69, 9.17) is 0 Å². The molecule has 0 bridgehead atoms. The molecule has 3 aliphatic heterocycles. The molecule has 0 radical (unpaired) electrons. The summed E-state index contributed by atoms with van der Waals surface area (Å²) in [6.07, 6.45) is 12.3. The summed E-state index contributed by atoms with van der Waals surface area (Å²) in [5.41, 5.74) is 0.977. The van der Waals surface area contributed by atoms with Crippen LogP contribution in [-0.4, -0.2) is 71.3 Å². The lowest BCUT2D eigenvalue weighted by Crippen LogP contribution is -2.34. The van der Waals surface area contributed by atoms with E-state index in [1.165, 1.54) is 51.9 Å². The second-order valence-electron chi connectivity index (χ2n) is 7.83. The van der Waals surface area contributed by atoms with Crippen LogP contribution in [0.2, 0.25) is 0 Å². The van der Waals surface area contributed by atoms with Gasteiger partial charge in [0.2, 0.25) is 5.91 Å². The molecule has 138 valence electrons. The summed E-state index contributed by atoms with van der Waals surface area (Å²) in [6.45, 7) is 8.04. The van der Waals surface area contributed by atoms with Crippen molar-refractivity contribution >= 4 is 11.6 Å². The molecular weight excluding hydrogens is 314 g/mol. The first-order valence-corrected chi connectivity index (χ1v) is 10.1. The molecule has 4 heterocycles. The van der Waals surface area contributed by atoms with Gasteiger partial charge in [0.15, 0.2) is 0 Å². The molecule has 1 atom stereocenters. The molecule has 1 aromatic rings. The van der Waals surface area contributed by atoms with Gasteiger partial charge in [0.05, 0.1) is 17.9 Å². The first-order valence-electron chi connectivity index (χ1n) is 10.1. The van der Waals surface area contributed by atoms with Crippen LogP contribution in [0, 0.1) is 0 Å². The van der Waals surface area contributed by atoms with Crippen LogP contribution in [0.5, 0.6) is 0 Å². The number of rotatable bonds is 5. The maximum Gasteiger partial charge on any atom is 0.227 e. The summed E-state index contributed by atoms with van der Waals surface area (Å²) in [7, 11) is 0. The van der Waals surface area contributed by atoms with Gasteiger partial charge >= 0.3 is 0 Å². The number of carbonyl (C=O) groups is 1. The topological polar surface area (TPSA) is 44.6 Å². The zero-order valence-electron chi connectivity index (χ0n) is 15.3. The molecule has 0 N–H and O–H groups in total. The van der Waals surface area contributed by atoms with Crippen LogP contribution < -0.4 is 4.90 Å². The molecule has 0 spiro atoms. The van der Waals surface area contributed by atoms with E-state index in [0.717, 1.165) is 38.2 Å². The summed E-state index contributed by atoms with van der Waals surface area (Å²) in [4.78, 5) is 19.0. The van der Waals surface area contributed by atoms with Crippen molar-refractivity contribution in [2.24, 2.45) is 0 Å². The SMILES string of the molecule is O=C1CCCN1c1cnn(C2CCN(CCN3CCCCCC3)C2)c1. The van der Waals surface area contributed by atoms with E-state index in [9.17, 15) is 4.79 Å². The van der Waals surface area contributed by atoms with Gasteiger partial charge in [-0.2, -0.15) is 5.10 Å². The van der Waals surface area contributed by atoms with Crippen molar-refractivity contribution in [2.45, 2.75) is 51.0 Å². The third-order valence-electron chi connectivity index (χ3n) is 6.03. The highest BCUT2D eigenvalue weighted by Gasteiger charge is 2.27. The van der Waals surface area contributed by atoms with Crippen LogP contribution in [0.4, 0.5) is 5.69 Å². The van der Waals surface area contributed by atoms with Gasteiger partial charge in [0, 0.05) is 45.3 Å². The van der Waals surface area contributed by atoms with Gasteiger partial charge in [0.1, 0.15) is 0 Å². The molecule has 6 nitrogen and oxygen atoms in total. The fourth-order valence-electron chi connectivity index (χ4n) is 4.46. The average Bonchev–Trinajstić information content (AvgIpc) is 3.31. The second-order valence-corrected chi connectivity index (χ2v) is 7.83. The first kappa shape index (κ1) is 17.0. The highest BCUT2D eigenvalue weighted by atomic mass is 16.2. The highest BCUT2D eigenvalue weighted by molar-refractivity contribution is 5.95. The molecule has 0 aliphatic carbocycles. The minimum absolute atomic E-state index is 0.241. The number of anilines is 1. The summed E-state index contributed by atoms with van der Waals surface area (Å²) >= 11 is 0. The Hall–Kier alpha value is -1.40. The van der Waals surface area contributed by atoms with Crippen molar-refractivity contribution in [1.29, 1.82) is 0 Å². The van der Waals surface area contributed by atoms with Gasteiger partial charge < -0.3 is 9.80 Å². The standard InChI is InChI=1S/C19H31N5O/c25-19-6-5-10-23(19)18-14-20-24(16-18)17-7-11-22(15-17)13-12-21-8-3-1-2-4-9-21/h14,16-17H,1-13,15H2. The number of carbonyl (C=O) groups excluding carboxylic acids is 1. The Bertz CT molecular complexity index is 578. The average molecular weight is 345 g/mol. The maximum atomic E-state index is 11.9. The van der Waals surface area contributed by atoms with E-state index >= 15 is 0 Å². The van der Waals surface area contributed by atoms with Crippen molar-refractivity contribution in [1.82, 2.24) is 19.6 Å². The number of amides is 1. The molecule has 25 heavy (non-hydrogen) atoms. The van der Waals surface area contributed by atoms with E-state index in [1.54, 1.807) is 0 Å². The predicted octanol–water partition coefficient (Wildman–Crippen LogP) is 2.13. The Labute approximate surface area is 150 Å². The van der Waals surface area contributed by atoms with Gasteiger partial charge in [-0.05, 0) is 38.8 Å². The van der Waals surface area contributed by atoms with E-state index in [2.05, 4.69) is 25.8 Å². The van der Waals surface area contributed by atoms with Crippen molar-refractivity contribution in [2.75, 3.05) is 50.7 Å². The third kappa shape index (κ3) is 4.06. The number of aromatic nitrogens is 2. The molecule has 0 saturated carbocycles. The van der Waals surface area contributed by atoms with E-state index in [-0.39, 0.29) is 5.91 Å². The summed E-state index contributed by atoms with van der Waals surface area (Å²) in [6, 6.07) is 0.454. The van der Waals surface area contributed by atoms with Crippen molar-refractivity contribution in [3.8, 4) is 0 Å². The van der Waals surface area contributed by atoms with Crippen molar-refractivity contribution in [3.05, 3.63) is 12.4 Å². The highest BCUT2D eigenvalue weighted by Crippen LogP contribution is 2.25. The van der Waals surface area contributed by atoms with E-state index in [0.29, 0.717) is 12.5 Å². The van der Waals surface area contributed by atoms with E-state index in [1.807, 2.05) is 11.1 Å². The quantitative estimate of drug-likeness (QED) is 0.820. The Morgan fingerprint density at radius 3 is 2.52 bits per heavy atom. The minimum atomic E-state index is 0.241. The van der Waals surface area contributed by atoms with Crippen LogP contribution >= 0.6 is 0 Å². The molecule has 1 amide bonds. The Morgan fingerprint density at radius 2 is 1.76 bits per heavy atom.